The average Bonchev–Trinajstić information content (AvgIpc) is 3.05. The number of nitrogens with one attached hydrogen (secondary N) is 1. The molecular formula is C21H26F2N4O3. The molecule has 0 saturated heterocycles. The van der Waals surface area contributed by atoms with Gasteiger partial charge in [0.25, 0.3) is 0 Å². The van der Waals surface area contributed by atoms with E-state index in [1.165, 1.54) is 0 Å². The van der Waals surface area contributed by atoms with Gasteiger partial charge in [-0.25, -0.2) is 18.4 Å². The first-order chi connectivity index (χ1) is 14.0. The first kappa shape index (κ1) is 21.9. The third-order valence-electron chi connectivity index (χ3n) is 5.34. The van der Waals surface area contributed by atoms with Gasteiger partial charge in [-0.15, -0.1) is 0 Å². The third kappa shape index (κ3) is 4.21. The van der Waals surface area contributed by atoms with Gasteiger partial charge in [0.05, 0.1) is 5.69 Å². The summed E-state index contributed by atoms with van der Waals surface area (Å²) in [5.41, 5.74) is 0.657. The number of rotatable bonds is 4. The molecule has 0 saturated carbocycles. The van der Waals surface area contributed by atoms with Crippen molar-refractivity contribution in [2.75, 3.05) is 13.1 Å². The number of likely N-dealkylation sites (N-methyl/N-ethyl adjacent to an activating group) is 1. The van der Waals surface area contributed by atoms with Crippen molar-refractivity contribution >= 4 is 12.0 Å². The minimum atomic E-state index is -1.16. The van der Waals surface area contributed by atoms with E-state index < -0.39 is 35.1 Å². The molecule has 9 heteroatoms. The fraction of sp³-hybridized carbons (Fsp3) is 0.476. The summed E-state index contributed by atoms with van der Waals surface area (Å²) in [6.07, 6.45) is 0.480. The number of carbonyl (C=O) groups excluding carboxylic acids is 1. The van der Waals surface area contributed by atoms with Gasteiger partial charge >= 0.3 is 12.0 Å². The molecule has 0 bridgehead atoms. The van der Waals surface area contributed by atoms with Crippen LogP contribution < -0.4 is 5.32 Å². The van der Waals surface area contributed by atoms with Crippen molar-refractivity contribution in [1.82, 2.24) is 20.0 Å². The van der Waals surface area contributed by atoms with E-state index in [1.807, 2.05) is 6.92 Å². The van der Waals surface area contributed by atoms with Crippen molar-refractivity contribution in [3.8, 4) is 11.3 Å². The highest BCUT2D eigenvalue weighted by Gasteiger charge is 2.35. The molecular weight excluding hydrogens is 394 g/mol. The fourth-order valence-electron chi connectivity index (χ4n) is 3.64. The van der Waals surface area contributed by atoms with Gasteiger partial charge < -0.3 is 10.4 Å². The van der Waals surface area contributed by atoms with Gasteiger partial charge in [-0.1, -0.05) is 27.7 Å². The van der Waals surface area contributed by atoms with Crippen LogP contribution in [0.4, 0.5) is 13.6 Å². The Labute approximate surface area is 173 Å². The van der Waals surface area contributed by atoms with Crippen LogP contribution in [0.3, 0.4) is 0 Å². The highest BCUT2D eigenvalue weighted by Crippen LogP contribution is 2.32. The van der Waals surface area contributed by atoms with Gasteiger partial charge in [0.2, 0.25) is 0 Å². The zero-order valence-electron chi connectivity index (χ0n) is 17.5. The fourth-order valence-corrected chi connectivity index (χ4v) is 3.64. The number of hydrogen-bond donors (Lipinski definition) is 2. The lowest BCUT2D eigenvalue weighted by atomic mass is 9.87. The Bertz CT molecular complexity index is 981. The van der Waals surface area contributed by atoms with Gasteiger partial charge in [-0.05, 0) is 30.2 Å². The number of carboxylic acids is 1. The van der Waals surface area contributed by atoms with Crippen LogP contribution in [0.15, 0.2) is 18.2 Å². The van der Waals surface area contributed by atoms with Crippen molar-refractivity contribution < 1.29 is 23.5 Å². The summed E-state index contributed by atoms with van der Waals surface area (Å²) in [6, 6.07) is 1.25. The van der Waals surface area contributed by atoms with Crippen LogP contribution in [-0.2, 0) is 17.8 Å². The minimum Gasteiger partial charge on any atom is -0.480 e. The second-order valence-electron chi connectivity index (χ2n) is 8.52. The van der Waals surface area contributed by atoms with Crippen LogP contribution in [0, 0.1) is 17.0 Å². The van der Waals surface area contributed by atoms with Crippen molar-refractivity contribution in [2.45, 2.75) is 46.7 Å². The number of carboxylic acid groups (broad SMARTS) is 1. The molecule has 162 valence electrons. The lowest BCUT2D eigenvalue weighted by molar-refractivity contribution is -0.141. The van der Waals surface area contributed by atoms with Crippen LogP contribution in [0.2, 0.25) is 0 Å². The maximum absolute atomic E-state index is 14.5. The Morgan fingerprint density at radius 2 is 2.00 bits per heavy atom. The zero-order chi connectivity index (χ0) is 22.2. The molecule has 0 fully saturated rings. The number of benzene rings is 1. The van der Waals surface area contributed by atoms with Crippen LogP contribution in [-0.4, -0.2) is 50.9 Å². The standard InChI is InChI=1S/C21H26F2N4O3/c1-5-26-9-8-16-14(11-26)17(13-10-12(22)6-7-15(13)23)25-27(16)20(30)24-18(19(28)29)21(2,3)4/h6-7,10,18H,5,8-9,11H2,1-4H3,(H,24,30)(H,28,29). The molecule has 0 spiro atoms. The van der Waals surface area contributed by atoms with Crippen molar-refractivity contribution in [3.05, 3.63) is 41.1 Å². The summed E-state index contributed by atoms with van der Waals surface area (Å²) < 4.78 is 29.4. The second-order valence-corrected chi connectivity index (χ2v) is 8.52. The number of halogens is 2. The summed E-state index contributed by atoms with van der Waals surface area (Å²) >= 11 is 0. The van der Waals surface area contributed by atoms with E-state index in [2.05, 4.69) is 15.3 Å². The molecule has 3 rings (SSSR count). The summed E-state index contributed by atoms with van der Waals surface area (Å²) in [7, 11) is 0. The topological polar surface area (TPSA) is 87.5 Å². The van der Waals surface area contributed by atoms with Crippen LogP contribution in [0.1, 0.15) is 39.0 Å². The molecule has 2 N–H and O–H groups in total. The monoisotopic (exact) mass is 420 g/mol. The van der Waals surface area contributed by atoms with Crippen molar-refractivity contribution in [3.63, 3.8) is 0 Å². The van der Waals surface area contributed by atoms with E-state index in [4.69, 9.17) is 0 Å². The summed E-state index contributed by atoms with van der Waals surface area (Å²) in [5.74, 6) is -2.41. The van der Waals surface area contributed by atoms with E-state index in [0.29, 0.717) is 30.8 Å². The number of aromatic nitrogens is 2. The molecule has 1 aliphatic heterocycles. The molecule has 1 aromatic carbocycles. The van der Waals surface area contributed by atoms with Crippen LogP contribution in [0.25, 0.3) is 11.3 Å². The molecule has 1 aromatic heterocycles. The number of carbonyl (C=O) groups is 2. The number of amides is 1. The largest absolute Gasteiger partial charge is 0.480 e. The smallest absolute Gasteiger partial charge is 0.343 e. The lowest BCUT2D eigenvalue weighted by Crippen LogP contribution is -2.50. The molecule has 0 aliphatic carbocycles. The highest BCUT2D eigenvalue weighted by atomic mass is 19.1. The Morgan fingerprint density at radius 1 is 1.30 bits per heavy atom. The highest BCUT2D eigenvalue weighted by molar-refractivity contribution is 5.85. The van der Waals surface area contributed by atoms with Crippen molar-refractivity contribution in [1.29, 1.82) is 0 Å². The summed E-state index contributed by atoms with van der Waals surface area (Å²) in [6.45, 7) is 8.98. The second kappa shape index (κ2) is 8.14. The Kier molecular flexibility index (Phi) is 5.94. The predicted octanol–water partition coefficient (Wildman–Crippen LogP) is 3.26. The first-order valence-corrected chi connectivity index (χ1v) is 9.85. The molecule has 1 unspecified atom stereocenters. The van der Waals surface area contributed by atoms with Crippen molar-refractivity contribution in [2.24, 2.45) is 5.41 Å². The molecule has 1 amide bonds. The number of hydrogen-bond acceptors (Lipinski definition) is 4. The van der Waals surface area contributed by atoms with E-state index >= 15 is 0 Å². The molecule has 2 aromatic rings. The Balaban J connectivity index is 2.08. The van der Waals surface area contributed by atoms with E-state index in [0.717, 1.165) is 29.4 Å². The lowest BCUT2D eigenvalue weighted by Gasteiger charge is -2.28. The van der Waals surface area contributed by atoms with Gasteiger partial charge in [-0.3, -0.25) is 4.90 Å². The number of aliphatic carboxylic acids is 1. The number of nitrogens with zero attached hydrogens (tertiary/aromatic N) is 3. The van der Waals surface area contributed by atoms with Crippen LogP contribution >= 0.6 is 0 Å². The Hall–Kier alpha value is -2.81. The van der Waals surface area contributed by atoms with Crippen LogP contribution in [0.5, 0.6) is 0 Å². The van der Waals surface area contributed by atoms with Gasteiger partial charge in [0, 0.05) is 30.6 Å². The first-order valence-electron chi connectivity index (χ1n) is 9.85. The average molecular weight is 420 g/mol. The molecule has 1 atom stereocenters. The quantitative estimate of drug-likeness (QED) is 0.793. The van der Waals surface area contributed by atoms with E-state index in [-0.39, 0.29) is 11.3 Å². The molecule has 7 nitrogen and oxygen atoms in total. The third-order valence-corrected chi connectivity index (χ3v) is 5.34. The SMILES string of the molecule is CCN1CCc2c(c(-c3cc(F)ccc3F)nn2C(=O)NC(C(=O)O)C(C)(C)C)C1. The molecule has 0 radical (unpaired) electrons. The maximum atomic E-state index is 14.5. The van der Waals surface area contributed by atoms with Gasteiger partial charge in [0.15, 0.2) is 0 Å². The van der Waals surface area contributed by atoms with Gasteiger partial charge in [-0.2, -0.15) is 9.78 Å². The molecule has 1 aliphatic rings. The normalized spacial score (nSPS) is 15.5. The summed E-state index contributed by atoms with van der Waals surface area (Å²) in [5, 5.41) is 16.3. The van der Waals surface area contributed by atoms with E-state index in [1.54, 1.807) is 20.8 Å². The minimum absolute atomic E-state index is 0.0265. The van der Waals surface area contributed by atoms with Gasteiger partial charge in [0.1, 0.15) is 23.4 Å². The predicted molar refractivity (Wildman–Crippen MR) is 107 cm³/mol. The Morgan fingerprint density at radius 3 is 2.60 bits per heavy atom. The van der Waals surface area contributed by atoms with E-state index in [9.17, 15) is 23.5 Å². The summed E-state index contributed by atoms with van der Waals surface area (Å²) in [4.78, 5) is 26.7. The number of fused-ring (bicyclic) bond motifs is 1. The zero-order valence-corrected chi connectivity index (χ0v) is 17.5. The molecule has 30 heavy (non-hydrogen) atoms. The maximum Gasteiger partial charge on any atom is 0.343 e. The molecule has 2 heterocycles.